The summed E-state index contributed by atoms with van der Waals surface area (Å²) >= 11 is 1.86. The first kappa shape index (κ1) is 22.0. The molecule has 5 nitrogen and oxygen atoms in total. The van der Waals surface area contributed by atoms with Crippen molar-refractivity contribution >= 4 is 41.7 Å². The van der Waals surface area contributed by atoms with Crippen LogP contribution in [0, 0.1) is 0 Å². The smallest absolute Gasteiger partial charge is 0.191 e. The highest BCUT2D eigenvalue weighted by molar-refractivity contribution is 14.0. The van der Waals surface area contributed by atoms with Gasteiger partial charge in [0.1, 0.15) is 0 Å². The quantitative estimate of drug-likeness (QED) is 0.169. The molecular weight excluding hydrogens is 413 g/mol. The van der Waals surface area contributed by atoms with Crippen LogP contribution in [0.3, 0.4) is 0 Å². The Morgan fingerprint density at radius 1 is 1.50 bits per heavy atom. The lowest BCUT2D eigenvalue weighted by Crippen LogP contribution is -2.38. The summed E-state index contributed by atoms with van der Waals surface area (Å²) in [5, 5.41) is 6.59. The number of halogens is 1. The van der Waals surface area contributed by atoms with Gasteiger partial charge in [0.2, 0.25) is 0 Å². The number of thioether (sulfide) groups is 1. The molecule has 1 heterocycles. The van der Waals surface area contributed by atoms with Crippen LogP contribution >= 0.6 is 35.7 Å². The SMILES string of the molecule is C=CCSCCNC(=NCCCOC1CCOC1)NCC.I. The van der Waals surface area contributed by atoms with Crippen molar-refractivity contribution in [3.8, 4) is 0 Å². The molecule has 0 aromatic rings. The normalized spacial score (nSPS) is 17.9. The third-order valence-electron chi connectivity index (χ3n) is 2.93. The molecule has 0 radical (unpaired) electrons. The zero-order chi connectivity index (χ0) is 15.2. The van der Waals surface area contributed by atoms with Crippen LogP contribution < -0.4 is 10.6 Å². The molecular formula is C15H30IN3O2S. The van der Waals surface area contributed by atoms with Crippen LogP contribution in [0.5, 0.6) is 0 Å². The van der Waals surface area contributed by atoms with Crippen molar-refractivity contribution in [2.45, 2.75) is 25.9 Å². The molecule has 130 valence electrons. The van der Waals surface area contributed by atoms with Gasteiger partial charge in [-0.2, -0.15) is 11.8 Å². The van der Waals surface area contributed by atoms with Gasteiger partial charge in [-0.15, -0.1) is 30.6 Å². The van der Waals surface area contributed by atoms with Crippen LogP contribution in [-0.2, 0) is 9.47 Å². The number of rotatable bonds is 11. The molecule has 7 heteroatoms. The van der Waals surface area contributed by atoms with Gasteiger partial charge in [-0.3, -0.25) is 4.99 Å². The van der Waals surface area contributed by atoms with Gasteiger partial charge >= 0.3 is 0 Å². The van der Waals surface area contributed by atoms with Crippen molar-refractivity contribution in [1.29, 1.82) is 0 Å². The number of hydrogen-bond donors (Lipinski definition) is 2. The molecule has 0 saturated carbocycles. The molecule has 0 aromatic heterocycles. The summed E-state index contributed by atoms with van der Waals surface area (Å²) in [7, 11) is 0. The summed E-state index contributed by atoms with van der Waals surface area (Å²) in [6.45, 7) is 10.7. The van der Waals surface area contributed by atoms with Gasteiger partial charge in [0.15, 0.2) is 5.96 Å². The van der Waals surface area contributed by atoms with Crippen LogP contribution in [0.1, 0.15) is 19.8 Å². The Labute approximate surface area is 156 Å². The van der Waals surface area contributed by atoms with Gasteiger partial charge in [0.25, 0.3) is 0 Å². The van der Waals surface area contributed by atoms with Crippen LogP contribution in [0.25, 0.3) is 0 Å². The predicted octanol–water partition coefficient (Wildman–Crippen LogP) is 2.27. The Morgan fingerprint density at radius 3 is 3.05 bits per heavy atom. The molecule has 1 aliphatic rings. The fourth-order valence-electron chi connectivity index (χ4n) is 1.90. The highest BCUT2D eigenvalue weighted by Crippen LogP contribution is 2.08. The van der Waals surface area contributed by atoms with Crippen molar-refractivity contribution in [2.24, 2.45) is 4.99 Å². The second-order valence-corrected chi connectivity index (χ2v) is 5.91. The van der Waals surface area contributed by atoms with Crippen LogP contribution in [0.4, 0.5) is 0 Å². The van der Waals surface area contributed by atoms with Crippen molar-refractivity contribution < 1.29 is 9.47 Å². The lowest BCUT2D eigenvalue weighted by atomic mass is 10.3. The maximum absolute atomic E-state index is 5.72. The van der Waals surface area contributed by atoms with E-state index < -0.39 is 0 Å². The van der Waals surface area contributed by atoms with E-state index in [1.807, 2.05) is 17.8 Å². The Morgan fingerprint density at radius 2 is 2.36 bits per heavy atom. The van der Waals surface area contributed by atoms with E-state index in [1.54, 1.807) is 0 Å². The summed E-state index contributed by atoms with van der Waals surface area (Å²) in [5.41, 5.74) is 0. The first-order valence-corrected chi connectivity index (χ1v) is 8.92. The van der Waals surface area contributed by atoms with Crippen LogP contribution in [-0.4, -0.2) is 63.0 Å². The van der Waals surface area contributed by atoms with E-state index in [2.05, 4.69) is 29.1 Å². The predicted molar refractivity (Wildman–Crippen MR) is 107 cm³/mol. The second kappa shape index (κ2) is 15.9. The van der Waals surface area contributed by atoms with E-state index in [0.717, 1.165) is 69.8 Å². The molecule has 0 spiro atoms. The summed E-state index contributed by atoms with van der Waals surface area (Å²) in [6.07, 6.45) is 4.19. The largest absolute Gasteiger partial charge is 0.379 e. The van der Waals surface area contributed by atoms with E-state index in [-0.39, 0.29) is 24.0 Å². The molecule has 1 unspecified atom stereocenters. The van der Waals surface area contributed by atoms with Gasteiger partial charge < -0.3 is 20.1 Å². The van der Waals surface area contributed by atoms with Crippen molar-refractivity contribution in [3.05, 3.63) is 12.7 Å². The molecule has 2 N–H and O–H groups in total. The average Bonchev–Trinajstić information content (AvgIpc) is 3.00. The molecule has 0 aliphatic carbocycles. The summed E-state index contributed by atoms with van der Waals surface area (Å²) in [5.74, 6) is 2.94. The molecule has 1 atom stereocenters. The number of aliphatic imine (C=N–C) groups is 1. The third kappa shape index (κ3) is 11.6. The van der Waals surface area contributed by atoms with E-state index in [9.17, 15) is 0 Å². The van der Waals surface area contributed by atoms with Gasteiger partial charge in [-0.25, -0.2) is 0 Å². The lowest BCUT2D eigenvalue weighted by Gasteiger charge is -2.11. The number of nitrogens with zero attached hydrogens (tertiary/aromatic N) is 1. The van der Waals surface area contributed by atoms with E-state index in [1.165, 1.54) is 0 Å². The van der Waals surface area contributed by atoms with Gasteiger partial charge in [-0.05, 0) is 19.8 Å². The van der Waals surface area contributed by atoms with E-state index in [4.69, 9.17) is 9.47 Å². The van der Waals surface area contributed by atoms with Crippen molar-refractivity contribution in [2.75, 3.05) is 51.0 Å². The number of ether oxygens (including phenoxy) is 2. The number of hydrogen-bond acceptors (Lipinski definition) is 4. The molecule has 1 fully saturated rings. The van der Waals surface area contributed by atoms with E-state index >= 15 is 0 Å². The van der Waals surface area contributed by atoms with Crippen LogP contribution in [0.2, 0.25) is 0 Å². The van der Waals surface area contributed by atoms with Gasteiger partial charge in [-0.1, -0.05) is 6.08 Å². The maximum Gasteiger partial charge on any atom is 0.191 e. The number of guanidine groups is 1. The zero-order valence-corrected chi connectivity index (χ0v) is 16.7. The summed E-state index contributed by atoms with van der Waals surface area (Å²) in [4.78, 5) is 4.55. The Kier molecular flexibility index (Phi) is 15.9. The average molecular weight is 443 g/mol. The maximum atomic E-state index is 5.72. The molecule has 1 rings (SSSR count). The lowest BCUT2D eigenvalue weighted by molar-refractivity contribution is 0.0424. The first-order chi connectivity index (χ1) is 10.4. The standard InChI is InChI=1S/C15H29N3O2S.HI/c1-3-11-21-12-8-18-15(16-4-2)17-7-5-9-20-14-6-10-19-13-14;/h3,14H,1,4-13H2,2H3,(H2,16,17,18);1H. The third-order valence-corrected chi connectivity index (χ3v) is 3.90. The topological polar surface area (TPSA) is 54.9 Å². The van der Waals surface area contributed by atoms with E-state index in [0.29, 0.717) is 6.10 Å². The molecule has 0 bridgehead atoms. The highest BCUT2D eigenvalue weighted by Gasteiger charge is 2.15. The van der Waals surface area contributed by atoms with Crippen molar-refractivity contribution in [3.63, 3.8) is 0 Å². The molecule has 0 amide bonds. The molecule has 0 aromatic carbocycles. The molecule has 22 heavy (non-hydrogen) atoms. The summed E-state index contributed by atoms with van der Waals surface area (Å²) in [6, 6.07) is 0. The van der Waals surface area contributed by atoms with Gasteiger partial charge in [0, 0.05) is 44.4 Å². The van der Waals surface area contributed by atoms with Gasteiger partial charge in [0.05, 0.1) is 12.7 Å². The monoisotopic (exact) mass is 443 g/mol. The van der Waals surface area contributed by atoms with Crippen LogP contribution in [0.15, 0.2) is 17.6 Å². The van der Waals surface area contributed by atoms with Crippen molar-refractivity contribution in [1.82, 2.24) is 10.6 Å². The molecule has 1 aliphatic heterocycles. The minimum Gasteiger partial charge on any atom is -0.379 e. The Bertz CT molecular complexity index is 301. The zero-order valence-electron chi connectivity index (χ0n) is 13.5. The Balaban J connectivity index is 0.00000441. The fraction of sp³-hybridized carbons (Fsp3) is 0.800. The number of nitrogens with one attached hydrogen (secondary N) is 2. The minimum absolute atomic E-state index is 0. The Hall–Kier alpha value is 0.0100. The molecule has 1 saturated heterocycles. The highest BCUT2D eigenvalue weighted by atomic mass is 127. The second-order valence-electron chi connectivity index (χ2n) is 4.76. The minimum atomic E-state index is 0. The summed E-state index contributed by atoms with van der Waals surface area (Å²) < 4.78 is 11.0. The fourth-order valence-corrected chi connectivity index (χ4v) is 2.48. The first-order valence-electron chi connectivity index (χ1n) is 7.77.